The van der Waals surface area contributed by atoms with Gasteiger partial charge in [0.05, 0.1) is 16.3 Å². The van der Waals surface area contributed by atoms with Crippen LogP contribution in [-0.2, 0) is 14.9 Å². The van der Waals surface area contributed by atoms with Gasteiger partial charge in [0.1, 0.15) is 4.90 Å². The molecule has 0 spiro atoms. The van der Waals surface area contributed by atoms with Gasteiger partial charge in [-0.3, -0.25) is 9.35 Å². The quantitative estimate of drug-likeness (QED) is 0.291. The van der Waals surface area contributed by atoms with Gasteiger partial charge in [-0.2, -0.15) is 8.42 Å². The number of alkyl halides is 1. The van der Waals surface area contributed by atoms with E-state index in [0.29, 0.717) is 15.2 Å². The van der Waals surface area contributed by atoms with Crippen molar-refractivity contribution >= 4 is 55.1 Å². The van der Waals surface area contributed by atoms with Crippen LogP contribution in [0.5, 0.6) is 0 Å². The van der Waals surface area contributed by atoms with Crippen LogP contribution in [0, 0.1) is 0 Å². The molecule has 0 radical (unpaired) electrons. The van der Waals surface area contributed by atoms with E-state index in [1.807, 2.05) is 22.6 Å². The van der Waals surface area contributed by atoms with E-state index in [1.165, 1.54) is 0 Å². The van der Waals surface area contributed by atoms with Crippen molar-refractivity contribution in [3.63, 3.8) is 0 Å². The van der Waals surface area contributed by atoms with Crippen molar-refractivity contribution in [1.29, 1.82) is 0 Å². The summed E-state index contributed by atoms with van der Waals surface area (Å²) in [5.41, 5.74) is 0.238. The third-order valence-electron chi connectivity index (χ3n) is 3.01. The van der Waals surface area contributed by atoms with Gasteiger partial charge in [-0.05, 0) is 18.4 Å². The number of carbonyl (C=O) groups is 1. The van der Waals surface area contributed by atoms with Crippen molar-refractivity contribution in [3.8, 4) is 0 Å². The lowest BCUT2D eigenvalue weighted by molar-refractivity contribution is -0.118. The molecule has 2 rings (SSSR count). The van der Waals surface area contributed by atoms with Crippen molar-refractivity contribution in [2.45, 2.75) is 18.0 Å². The monoisotopic (exact) mass is 434 g/mol. The van der Waals surface area contributed by atoms with E-state index in [0.717, 1.165) is 0 Å². The van der Waals surface area contributed by atoms with Crippen LogP contribution in [0.4, 0.5) is 5.69 Å². The topological polar surface area (TPSA) is 95.5 Å². The van der Waals surface area contributed by atoms with Crippen molar-refractivity contribution in [2.24, 2.45) is 0 Å². The van der Waals surface area contributed by atoms with Gasteiger partial charge in [-0.25, -0.2) is 0 Å². The van der Waals surface area contributed by atoms with Crippen molar-refractivity contribution in [2.75, 3.05) is 9.74 Å². The zero-order valence-electron chi connectivity index (χ0n) is 11.7. The van der Waals surface area contributed by atoms with Crippen molar-refractivity contribution < 1.29 is 17.8 Å². The summed E-state index contributed by atoms with van der Waals surface area (Å²) in [6.07, 6.45) is -0.482. The Morgan fingerprint density at radius 1 is 1.27 bits per heavy atom. The number of anilines is 1. The molecule has 2 aromatic carbocycles. The molecule has 8 heteroatoms. The second-order valence-corrected chi connectivity index (χ2v) is 6.83. The fourth-order valence-electron chi connectivity index (χ4n) is 2.18. The Morgan fingerprint density at radius 3 is 2.59 bits per heavy atom. The number of benzene rings is 2. The minimum atomic E-state index is -4.42. The Hall–Kier alpha value is -1.39. The van der Waals surface area contributed by atoms with Gasteiger partial charge in [-0.15, -0.1) is 0 Å². The Kier molecular flexibility index (Phi) is 5.24. The fourth-order valence-corrected chi connectivity index (χ4v) is 3.27. The second kappa shape index (κ2) is 6.80. The smallest absolute Gasteiger partial charge is 0.297 e. The molecule has 6 nitrogen and oxygen atoms in total. The summed E-state index contributed by atoms with van der Waals surface area (Å²) in [5, 5.41) is 6.69. The molecule has 0 fully saturated rings. The fraction of sp³-hybridized carbons (Fsp3) is 0.214. The van der Waals surface area contributed by atoms with Gasteiger partial charge < -0.3 is 10.6 Å². The van der Waals surface area contributed by atoms with Crippen LogP contribution in [0.25, 0.3) is 10.8 Å². The van der Waals surface area contributed by atoms with E-state index in [2.05, 4.69) is 10.6 Å². The second-order valence-electron chi connectivity index (χ2n) is 4.71. The summed E-state index contributed by atoms with van der Waals surface area (Å²) in [7, 11) is -4.42. The number of hydrogen-bond donors (Lipinski definition) is 3. The first kappa shape index (κ1) is 17.0. The van der Waals surface area contributed by atoms with Gasteiger partial charge in [0, 0.05) is 5.39 Å². The molecular weight excluding hydrogens is 419 g/mol. The van der Waals surface area contributed by atoms with E-state index >= 15 is 0 Å². The van der Waals surface area contributed by atoms with Crippen LogP contribution in [0.3, 0.4) is 0 Å². The highest BCUT2D eigenvalue weighted by Crippen LogP contribution is 2.30. The maximum absolute atomic E-state index is 11.8. The van der Waals surface area contributed by atoms with Crippen LogP contribution in [0.1, 0.15) is 6.92 Å². The molecule has 0 bridgehead atoms. The number of fused-ring (bicyclic) bond motifs is 1. The molecule has 22 heavy (non-hydrogen) atoms. The normalized spacial score (nSPS) is 12.9. The molecule has 0 aromatic heterocycles. The number of hydrogen-bond acceptors (Lipinski definition) is 4. The van der Waals surface area contributed by atoms with E-state index < -0.39 is 16.3 Å². The van der Waals surface area contributed by atoms with E-state index in [9.17, 15) is 17.8 Å². The Bertz CT molecular complexity index is 808. The molecule has 0 aliphatic heterocycles. The highest BCUT2D eigenvalue weighted by atomic mass is 127. The van der Waals surface area contributed by atoms with Crippen LogP contribution in [-0.4, -0.2) is 29.5 Å². The Balaban J connectivity index is 2.48. The van der Waals surface area contributed by atoms with Crippen LogP contribution in [0.2, 0.25) is 0 Å². The predicted octanol–water partition coefficient (Wildman–Crippen LogP) is 2.40. The molecule has 0 saturated carbocycles. The molecule has 1 unspecified atom stereocenters. The van der Waals surface area contributed by atoms with E-state index in [1.54, 1.807) is 43.3 Å². The lowest BCUT2D eigenvalue weighted by Crippen LogP contribution is -2.38. The number of carbonyl (C=O) groups excluding carboxylic acids is 1. The molecule has 0 saturated heterocycles. The first-order chi connectivity index (χ1) is 10.3. The van der Waals surface area contributed by atoms with E-state index in [4.69, 9.17) is 0 Å². The standard InChI is InChI=1S/C14H15IN2O4S/c1-9(17-13(18)8-15)16-12-7-6-10-4-2-3-5-11(10)14(12)22(19,20)21/h2-7,9,16H,8H2,1H3,(H,17,18)(H,19,20,21). The van der Waals surface area contributed by atoms with Crippen LogP contribution < -0.4 is 10.6 Å². The number of rotatable bonds is 5. The minimum Gasteiger partial charge on any atom is -0.364 e. The molecule has 0 aliphatic rings. The zero-order chi connectivity index (χ0) is 16.3. The highest BCUT2D eigenvalue weighted by molar-refractivity contribution is 14.1. The lowest BCUT2D eigenvalue weighted by Gasteiger charge is -2.19. The van der Waals surface area contributed by atoms with Gasteiger partial charge >= 0.3 is 0 Å². The van der Waals surface area contributed by atoms with Crippen molar-refractivity contribution in [3.05, 3.63) is 36.4 Å². The van der Waals surface area contributed by atoms with E-state index in [-0.39, 0.29) is 16.5 Å². The van der Waals surface area contributed by atoms with Crippen molar-refractivity contribution in [1.82, 2.24) is 5.32 Å². The lowest BCUT2D eigenvalue weighted by atomic mass is 10.1. The van der Waals surface area contributed by atoms with Gasteiger partial charge in [0.15, 0.2) is 0 Å². The van der Waals surface area contributed by atoms with Crippen LogP contribution >= 0.6 is 22.6 Å². The SMILES string of the molecule is CC(NC(=O)CI)Nc1ccc2ccccc2c1S(=O)(=O)O. The largest absolute Gasteiger partial charge is 0.364 e. The van der Waals surface area contributed by atoms with Gasteiger partial charge in [-0.1, -0.05) is 52.9 Å². The minimum absolute atomic E-state index is 0.171. The zero-order valence-corrected chi connectivity index (χ0v) is 14.7. The average Bonchev–Trinajstić information content (AvgIpc) is 2.45. The van der Waals surface area contributed by atoms with Crippen LogP contribution in [0.15, 0.2) is 41.3 Å². The summed E-state index contributed by atoms with van der Waals surface area (Å²) < 4.78 is 33.4. The molecule has 1 atom stereocenters. The molecule has 0 aliphatic carbocycles. The van der Waals surface area contributed by atoms with Gasteiger partial charge in [0.2, 0.25) is 5.91 Å². The number of halogens is 1. The summed E-state index contributed by atoms with van der Waals surface area (Å²) >= 11 is 1.93. The first-order valence-electron chi connectivity index (χ1n) is 6.44. The van der Waals surface area contributed by atoms with Gasteiger partial charge in [0.25, 0.3) is 10.1 Å². The maximum Gasteiger partial charge on any atom is 0.297 e. The molecule has 0 heterocycles. The third-order valence-corrected chi connectivity index (χ3v) is 4.66. The summed E-state index contributed by atoms with van der Waals surface area (Å²) in [4.78, 5) is 11.2. The average molecular weight is 434 g/mol. The molecular formula is C14H15IN2O4S. The number of nitrogens with one attached hydrogen (secondary N) is 2. The Labute approximate surface area is 142 Å². The summed E-state index contributed by atoms with van der Waals surface area (Å²) in [5.74, 6) is -0.171. The first-order valence-corrected chi connectivity index (χ1v) is 9.40. The molecule has 2 aromatic rings. The molecule has 1 amide bonds. The number of amides is 1. The molecule has 3 N–H and O–H groups in total. The summed E-state index contributed by atoms with van der Waals surface area (Å²) in [6.45, 7) is 1.69. The predicted molar refractivity (Wildman–Crippen MR) is 93.9 cm³/mol. The highest BCUT2D eigenvalue weighted by Gasteiger charge is 2.20. The summed E-state index contributed by atoms with van der Waals surface area (Å²) in [6, 6.07) is 10.2. The third kappa shape index (κ3) is 3.87. The molecule has 118 valence electrons. The maximum atomic E-state index is 11.8. The Morgan fingerprint density at radius 2 is 1.95 bits per heavy atom.